The predicted molar refractivity (Wildman–Crippen MR) is 209 cm³/mol. The second-order valence-corrected chi connectivity index (χ2v) is 12.7. The van der Waals surface area contributed by atoms with E-state index in [0.29, 0.717) is 0 Å². The average Bonchev–Trinajstić information content (AvgIpc) is 3.72. The number of para-hydroxylation sites is 2. The molecule has 5 heterocycles. The quantitative estimate of drug-likeness (QED) is 0.179. The summed E-state index contributed by atoms with van der Waals surface area (Å²) in [6.07, 6.45) is 11.4. The van der Waals surface area contributed by atoms with Crippen molar-refractivity contribution >= 4 is 60.7 Å². The molecule has 0 aliphatic carbocycles. The highest BCUT2D eigenvalue weighted by molar-refractivity contribution is 6.10. The fourth-order valence-corrected chi connectivity index (χ4v) is 7.47. The topological polar surface area (TPSA) is 51.8 Å². The molecule has 5 aromatic carbocycles. The second-order valence-electron chi connectivity index (χ2n) is 12.7. The molecule has 0 amide bonds. The predicted octanol–water partition coefficient (Wildman–Crippen LogP) is 11.2. The van der Waals surface area contributed by atoms with E-state index in [1.165, 1.54) is 0 Å². The molecule has 0 radical (unpaired) electrons. The Morgan fingerprint density at radius 2 is 0.765 bits per heavy atom. The molecule has 0 fully saturated rings. The number of benzene rings is 5. The van der Waals surface area contributed by atoms with Crippen molar-refractivity contribution < 1.29 is 0 Å². The Bertz CT molecular complexity index is 2740. The van der Waals surface area contributed by atoms with Crippen LogP contribution in [0.15, 0.2) is 183 Å². The van der Waals surface area contributed by atoms with E-state index < -0.39 is 0 Å². The van der Waals surface area contributed by atoms with Crippen LogP contribution in [0.25, 0.3) is 66.1 Å². The molecule has 0 aliphatic heterocycles. The van der Waals surface area contributed by atoms with Gasteiger partial charge in [-0.3, -0.25) is 15.0 Å². The van der Waals surface area contributed by atoms with E-state index in [-0.39, 0.29) is 0 Å². The number of fused-ring (bicyclic) bond motifs is 6. The summed E-state index contributed by atoms with van der Waals surface area (Å²) in [4.78, 5) is 15.6. The van der Waals surface area contributed by atoms with E-state index in [1.807, 2.05) is 37.2 Å². The number of hydrogen-bond donors (Lipinski definition) is 0. The van der Waals surface area contributed by atoms with Crippen molar-refractivity contribution in [3.8, 4) is 22.5 Å². The molecule has 0 saturated carbocycles. The van der Waals surface area contributed by atoms with Crippen molar-refractivity contribution in [3.63, 3.8) is 0 Å². The Hall–Kier alpha value is -7.05. The van der Waals surface area contributed by atoms with Crippen LogP contribution >= 0.6 is 0 Å². The van der Waals surface area contributed by atoms with E-state index in [1.54, 1.807) is 0 Å². The summed E-state index contributed by atoms with van der Waals surface area (Å²) in [6, 6.07) is 51.6. The molecular weight excluding hydrogens is 625 g/mol. The largest absolute Gasteiger partial charge is 0.310 e. The van der Waals surface area contributed by atoms with Gasteiger partial charge < -0.3 is 14.0 Å². The van der Waals surface area contributed by atoms with Crippen molar-refractivity contribution in [2.45, 2.75) is 0 Å². The molecule has 6 nitrogen and oxygen atoms in total. The van der Waals surface area contributed by atoms with Gasteiger partial charge in [-0.2, -0.15) is 0 Å². The molecule has 0 unspecified atom stereocenters. The smallest absolute Gasteiger partial charge is 0.0572 e. The standard InChI is InChI=1S/C45H30N6/c1-3-7-33(8-4-1)49(34-9-5-2-6-10-34)37-19-20-42-38(27-37)39-28-46-24-21-43(39)50(42)35-15-11-31(12-16-35)32-13-17-36(18-14-32)51-44-22-25-47-29-40(44)41-30-48-26-23-45(41)51/h1-30H. The molecule has 10 aromatic rings. The molecular formula is C45H30N6. The maximum Gasteiger partial charge on any atom is 0.0572 e. The van der Waals surface area contributed by atoms with Crippen LogP contribution in [0.4, 0.5) is 17.1 Å². The van der Waals surface area contributed by atoms with Gasteiger partial charge in [0.05, 0.1) is 22.1 Å². The van der Waals surface area contributed by atoms with Crippen LogP contribution in [0, 0.1) is 0 Å². The van der Waals surface area contributed by atoms with Gasteiger partial charge in [0.1, 0.15) is 0 Å². The van der Waals surface area contributed by atoms with Gasteiger partial charge in [-0.25, -0.2) is 0 Å². The molecule has 0 saturated heterocycles. The highest BCUT2D eigenvalue weighted by Gasteiger charge is 2.18. The van der Waals surface area contributed by atoms with Gasteiger partial charge in [0.2, 0.25) is 0 Å². The van der Waals surface area contributed by atoms with Gasteiger partial charge >= 0.3 is 0 Å². The number of anilines is 3. The molecule has 0 aliphatic rings. The zero-order chi connectivity index (χ0) is 33.7. The van der Waals surface area contributed by atoms with Crippen LogP contribution in [0.1, 0.15) is 0 Å². The minimum Gasteiger partial charge on any atom is -0.310 e. The third kappa shape index (κ3) is 4.76. The molecule has 6 heteroatoms. The van der Waals surface area contributed by atoms with E-state index >= 15 is 0 Å². The Morgan fingerprint density at radius 3 is 1.22 bits per heavy atom. The molecule has 5 aromatic heterocycles. The van der Waals surface area contributed by atoms with Gasteiger partial charge in [-0.05, 0) is 96.1 Å². The maximum absolute atomic E-state index is 4.54. The van der Waals surface area contributed by atoms with Gasteiger partial charge in [0.25, 0.3) is 0 Å². The minimum atomic E-state index is 1.09. The number of pyridine rings is 3. The van der Waals surface area contributed by atoms with Crippen molar-refractivity contribution in [2.24, 2.45) is 0 Å². The molecule has 240 valence electrons. The van der Waals surface area contributed by atoms with E-state index in [4.69, 9.17) is 0 Å². The number of rotatable bonds is 6. The van der Waals surface area contributed by atoms with Crippen LogP contribution in [-0.2, 0) is 0 Å². The van der Waals surface area contributed by atoms with Crippen molar-refractivity contribution in [2.75, 3.05) is 4.90 Å². The molecule has 0 bridgehead atoms. The molecule has 0 N–H and O–H groups in total. The number of hydrogen-bond acceptors (Lipinski definition) is 4. The van der Waals surface area contributed by atoms with Crippen molar-refractivity contribution in [1.29, 1.82) is 0 Å². The van der Waals surface area contributed by atoms with Gasteiger partial charge in [0.15, 0.2) is 0 Å². The normalized spacial score (nSPS) is 11.5. The summed E-state index contributed by atoms with van der Waals surface area (Å²) < 4.78 is 4.62. The van der Waals surface area contributed by atoms with Crippen LogP contribution < -0.4 is 4.90 Å². The fourth-order valence-electron chi connectivity index (χ4n) is 7.47. The van der Waals surface area contributed by atoms with E-state index in [0.717, 1.165) is 83.2 Å². The molecule has 0 spiro atoms. The SMILES string of the molecule is c1ccc(N(c2ccccc2)c2ccc3c(c2)c2cnccc2n3-c2ccc(-c3ccc(-n4c5ccncc5c5cnccc54)cc3)cc2)cc1. The average molecular weight is 655 g/mol. The van der Waals surface area contributed by atoms with Crippen LogP contribution in [-0.4, -0.2) is 24.1 Å². The molecule has 0 atom stereocenters. The lowest BCUT2D eigenvalue weighted by Gasteiger charge is -2.25. The lowest BCUT2D eigenvalue weighted by Crippen LogP contribution is -2.09. The maximum atomic E-state index is 4.54. The fraction of sp³-hybridized carbons (Fsp3) is 0. The minimum absolute atomic E-state index is 1.09. The van der Waals surface area contributed by atoms with Crippen molar-refractivity contribution in [1.82, 2.24) is 24.1 Å². The summed E-state index contributed by atoms with van der Waals surface area (Å²) in [6.45, 7) is 0. The zero-order valence-electron chi connectivity index (χ0n) is 27.5. The number of aromatic nitrogens is 5. The zero-order valence-corrected chi connectivity index (χ0v) is 27.5. The van der Waals surface area contributed by atoms with Crippen LogP contribution in [0.5, 0.6) is 0 Å². The summed E-state index contributed by atoms with van der Waals surface area (Å²) in [5.41, 5.74) is 12.3. The van der Waals surface area contributed by atoms with Gasteiger partial charge in [0, 0.05) is 87.2 Å². The highest BCUT2D eigenvalue weighted by Crippen LogP contribution is 2.39. The first-order valence-corrected chi connectivity index (χ1v) is 17.0. The molecule has 10 rings (SSSR count). The Balaban J connectivity index is 1.03. The van der Waals surface area contributed by atoms with Crippen LogP contribution in [0.3, 0.4) is 0 Å². The van der Waals surface area contributed by atoms with Gasteiger partial charge in [-0.15, -0.1) is 0 Å². The second kappa shape index (κ2) is 11.8. The summed E-state index contributed by atoms with van der Waals surface area (Å²) in [5, 5.41) is 4.47. The Labute approximate surface area is 294 Å². The number of nitrogens with zero attached hydrogens (tertiary/aromatic N) is 6. The Kier molecular flexibility index (Phi) is 6.70. The van der Waals surface area contributed by atoms with Crippen molar-refractivity contribution in [3.05, 3.63) is 183 Å². The lowest BCUT2D eigenvalue weighted by molar-refractivity contribution is 1.17. The van der Waals surface area contributed by atoms with Crippen LogP contribution in [0.2, 0.25) is 0 Å². The highest BCUT2D eigenvalue weighted by atomic mass is 15.1. The first-order chi connectivity index (χ1) is 25.3. The van der Waals surface area contributed by atoms with E-state index in [9.17, 15) is 0 Å². The first-order valence-electron chi connectivity index (χ1n) is 17.0. The third-order valence-corrected chi connectivity index (χ3v) is 9.79. The van der Waals surface area contributed by atoms with Gasteiger partial charge in [-0.1, -0.05) is 60.7 Å². The monoisotopic (exact) mass is 654 g/mol. The van der Waals surface area contributed by atoms with E-state index in [2.05, 4.69) is 175 Å². The summed E-state index contributed by atoms with van der Waals surface area (Å²) >= 11 is 0. The Morgan fingerprint density at radius 1 is 0.353 bits per heavy atom. The summed E-state index contributed by atoms with van der Waals surface area (Å²) in [7, 11) is 0. The third-order valence-electron chi connectivity index (χ3n) is 9.79. The lowest BCUT2D eigenvalue weighted by atomic mass is 10.0. The first kappa shape index (κ1) is 28.9. The molecule has 51 heavy (non-hydrogen) atoms. The summed E-state index contributed by atoms with van der Waals surface area (Å²) in [5.74, 6) is 0.